The molecule has 0 aliphatic heterocycles. The number of halogens is 1. The Kier molecular flexibility index (Phi) is 6.71. The van der Waals surface area contributed by atoms with E-state index in [9.17, 15) is 13.2 Å². The van der Waals surface area contributed by atoms with Gasteiger partial charge in [-0.05, 0) is 43.3 Å². The minimum Gasteiger partial charge on any atom is -0.495 e. The van der Waals surface area contributed by atoms with E-state index in [1.807, 2.05) is 0 Å². The molecule has 2 aromatic carbocycles. The lowest BCUT2D eigenvalue weighted by Gasteiger charge is -2.14. The smallest absolute Gasteiger partial charge is 0.360 e. The Balaban J connectivity index is 2.01. The second kappa shape index (κ2) is 9.27. The van der Waals surface area contributed by atoms with E-state index in [-0.39, 0.29) is 40.1 Å². The van der Waals surface area contributed by atoms with Crippen LogP contribution in [0.25, 0.3) is 11.3 Å². The van der Waals surface area contributed by atoms with Crippen molar-refractivity contribution in [3.8, 4) is 22.8 Å². The van der Waals surface area contributed by atoms with Crippen LogP contribution in [0.5, 0.6) is 11.5 Å². The molecule has 0 aliphatic rings. The van der Waals surface area contributed by atoms with Gasteiger partial charge in [-0.3, -0.25) is 4.72 Å². The molecule has 0 fully saturated rings. The van der Waals surface area contributed by atoms with Crippen LogP contribution < -0.4 is 14.2 Å². The van der Waals surface area contributed by atoms with Gasteiger partial charge in [0.2, 0.25) is 0 Å². The van der Waals surface area contributed by atoms with Gasteiger partial charge in [0, 0.05) is 16.7 Å². The van der Waals surface area contributed by atoms with Crippen molar-refractivity contribution in [3.05, 3.63) is 53.2 Å². The molecule has 0 amide bonds. The number of sulfonamides is 1. The minimum absolute atomic E-state index is 0.0288. The maximum absolute atomic E-state index is 13.1. The van der Waals surface area contributed by atoms with E-state index >= 15 is 0 Å². The lowest BCUT2D eigenvalue weighted by Crippen LogP contribution is -2.15. The number of aromatic nitrogens is 1. The van der Waals surface area contributed by atoms with E-state index < -0.39 is 16.0 Å². The molecule has 11 heteroatoms. The van der Waals surface area contributed by atoms with Crippen molar-refractivity contribution in [2.45, 2.75) is 11.8 Å². The highest BCUT2D eigenvalue weighted by atomic mass is 35.5. The molecule has 1 heterocycles. The Morgan fingerprint density at radius 3 is 2.48 bits per heavy atom. The van der Waals surface area contributed by atoms with E-state index in [2.05, 4.69) is 9.88 Å². The molecule has 0 unspecified atom stereocenters. The van der Waals surface area contributed by atoms with Gasteiger partial charge in [-0.2, -0.15) is 0 Å². The van der Waals surface area contributed by atoms with Crippen LogP contribution in [0.3, 0.4) is 0 Å². The molecule has 0 radical (unpaired) electrons. The molecule has 3 rings (SSSR count). The Morgan fingerprint density at radius 2 is 1.81 bits per heavy atom. The van der Waals surface area contributed by atoms with Crippen LogP contribution in [0, 0.1) is 0 Å². The van der Waals surface area contributed by atoms with Gasteiger partial charge in [0.15, 0.2) is 11.5 Å². The zero-order valence-electron chi connectivity index (χ0n) is 16.8. The summed E-state index contributed by atoms with van der Waals surface area (Å²) in [5, 5.41) is 3.99. The maximum Gasteiger partial charge on any atom is 0.360 e. The number of ether oxygens (including phenoxy) is 3. The van der Waals surface area contributed by atoms with Crippen LogP contribution in [0.2, 0.25) is 5.02 Å². The van der Waals surface area contributed by atoms with Gasteiger partial charge in [-0.1, -0.05) is 16.8 Å². The number of methoxy groups -OCH3 is 2. The predicted octanol–water partition coefficient (Wildman–Crippen LogP) is 3.99. The fourth-order valence-electron chi connectivity index (χ4n) is 2.71. The third-order valence-corrected chi connectivity index (χ3v) is 5.76. The number of nitrogens with zero attached hydrogens (tertiary/aromatic N) is 1. The number of hydrogen-bond acceptors (Lipinski definition) is 8. The second-order valence-electron chi connectivity index (χ2n) is 6.11. The van der Waals surface area contributed by atoms with Gasteiger partial charge < -0.3 is 18.7 Å². The lowest BCUT2D eigenvalue weighted by atomic mass is 10.1. The van der Waals surface area contributed by atoms with Crippen molar-refractivity contribution >= 4 is 33.3 Å². The standard InChI is InChI=1S/C20H19ClN2O7S/c1-4-29-20(24)15-11-18(30-22-15)12-5-7-17(28-3)19(9-12)31(25,26)23-14-10-13(21)6-8-16(14)27-2/h5-11,23H,4H2,1-3H3. The zero-order valence-corrected chi connectivity index (χ0v) is 18.4. The molecular formula is C20H19ClN2O7S. The average molecular weight is 467 g/mol. The Morgan fingerprint density at radius 1 is 1.10 bits per heavy atom. The van der Waals surface area contributed by atoms with Crippen molar-refractivity contribution in [1.82, 2.24) is 5.16 Å². The highest BCUT2D eigenvalue weighted by Crippen LogP contribution is 2.34. The van der Waals surface area contributed by atoms with Gasteiger partial charge in [0.05, 0.1) is 26.5 Å². The van der Waals surface area contributed by atoms with E-state index in [1.165, 1.54) is 38.5 Å². The summed E-state index contributed by atoms with van der Waals surface area (Å²) in [7, 11) is -1.36. The quantitative estimate of drug-likeness (QED) is 0.495. The third kappa shape index (κ3) is 4.92. The molecule has 0 aliphatic carbocycles. The normalized spacial score (nSPS) is 11.1. The molecule has 0 bridgehead atoms. The topological polar surface area (TPSA) is 117 Å². The SMILES string of the molecule is CCOC(=O)c1cc(-c2ccc(OC)c(S(=O)(=O)Nc3cc(Cl)ccc3OC)c2)on1. The van der Waals surface area contributed by atoms with Gasteiger partial charge in [0.25, 0.3) is 10.0 Å². The highest BCUT2D eigenvalue weighted by Gasteiger charge is 2.24. The van der Waals surface area contributed by atoms with E-state index in [4.69, 9.17) is 30.3 Å². The van der Waals surface area contributed by atoms with Crippen molar-refractivity contribution in [1.29, 1.82) is 0 Å². The van der Waals surface area contributed by atoms with Crippen LogP contribution in [0.1, 0.15) is 17.4 Å². The Hall–Kier alpha value is -3.24. The maximum atomic E-state index is 13.1. The van der Waals surface area contributed by atoms with Gasteiger partial charge in [-0.15, -0.1) is 0 Å². The summed E-state index contributed by atoms with van der Waals surface area (Å²) in [4.78, 5) is 11.7. The first-order valence-electron chi connectivity index (χ1n) is 8.97. The minimum atomic E-state index is -4.12. The number of anilines is 1. The summed E-state index contributed by atoms with van der Waals surface area (Å²) < 4.78 is 49.2. The number of hydrogen-bond donors (Lipinski definition) is 1. The summed E-state index contributed by atoms with van der Waals surface area (Å²) in [6.45, 7) is 1.85. The largest absolute Gasteiger partial charge is 0.495 e. The number of rotatable bonds is 8. The molecule has 164 valence electrons. The molecule has 0 atom stereocenters. The summed E-state index contributed by atoms with van der Waals surface area (Å²) >= 11 is 5.99. The van der Waals surface area contributed by atoms with E-state index in [1.54, 1.807) is 25.1 Å². The monoisotopic (exact) mass is 466 g/mol. The lowest BCUT2D eigenvalue weighted by molar-refractivity contribution is 0.0514. The third-order valence-electron chi connectivity index (χ3n) is 4.14. The van der Waals surface area contributed by atoms with Gasteiger partial charge in [-0.25, -0.2) is 13.2 Å². The summed E-state index contributed by atoms with van der Waals surface area (Å²) in [6, 6.07) is 10.3. The molecule has 0 spiro atoms. The predicted molar refractivity (Wildman–Crippen MR) is 113 cm³/mol. The fourth-order valence-corrected chi connectivity index (χ4v) is 4.14. The van der Waals surface area contributed by atoms with Crippen molar-refractivity contribution in [2.24, 2.45) is 0 Å². The van der Waals surface area contributed by atoms with Crippen LogP contribution in [0.15, 0.2) is 51.9 Å². The number of carbonyl (C=O) groups is 1. The van der Waals surface area contributed by atoms with Crippen molar-refractivity contribution in [3.63, 3.8) is 0 Å². The van der Waals surface area contributed by atoms with E-state index in [0.29, 0.717) is 10.6 Å². The average Bonchev–Trinajstić information content (AvgIpc) is 3.24. The summed E-state index contributed by atoms with van der Waals surface area (Å²) in [6.07, 6.45) is 0. The molecule has 1 aromatic heterocycles. The van der Waals surface area contributed by atoms with Gasteiger partial charge >= 0.3 is 5.97 Å². The molecular weight excluding hydrogens is 448 g/mol. The molecule has 9 nitrogen and oxygen atoms in total. The second-order valence-corrected chi connectivity index (χ2v) is 8.20. The first-order chi connectivity index (χ1) is 14.8. The number of nitrogens with one attached hydrogen (secondary N) is 1. The summed E-state index contributed by atoms with van der Waals surface area (Å²) in [5.41, 5.74) is 0.493. The molecule has 1 N–H and O–H groups in total. The molecule has 31 heavy (non-hydrogen) atoms. The summed E-state index contributed by atoms with van der Waals surface area (Å²) in [5.74, 6) is -0.0733. The van der Waals surface area contributed by atoms with E-state index in [0.717, 1.165) is 0 Å². The first kappa shape index (κ1) is 22.4. The van der Waals surface area contributed by atoms with Crippen molar-refractivity contribution in [2.75, 3.05) is 25.5 Å². The van der Waals surface area contributed by atoms with Crippen LogP contribution in [-0.2, 0) is 14.8 Å². The number of benzene rings is 2. The highest BCUT2D eigenvalue weighted by molar-refractivity contribution is 7.92. The zero-order chi connectivity index (χ0) is 22.6. The molecule has 0 saturated heterocycles. The molecule has 0 saturated carbocycles. The Bertz CT molecular complexity index is 1210. The first-order valence-corrected chi connectivity index (χ1v) is 10.8. The fraction of sp³-hybridized carbons (Fsp3) is 0.200. The molecule has 3 aromatic rings. The van der Waals surface area contributed by atoms with Crippen LogP contribution >= 0.6 is 11.6 Å². The van der Waals surface area contributed by atoms with Gasteiger partial charge in [0.1, 0.15) is 16.4 Å². The number of esters is 1. The van der Waals surface area contributed by atoms with Crippen molar-refractivity contribution < 1.29 is 31.9 Å². The Labute approximate surface area is 183 Å². The number of carbonyl (C=O) groups excluding carboxylic acids is 1. The van der Waals surface area contributed by atoms with Crippen LogP contribution in [-0.4, -0.2) is 40.4 Å². The van der Waals surface area contributed by atoms with Crippen LogP contribution in [0.4, 0.5) is 5.69 Å².